The maximum Gasteiger partial charge on any atom is 0.118 e. The third kappa shape index (κ3) is 3.06. The van der Waals surface area contributed by atoms with Gasteiger partial charge in [0.25, 0.3) is 0 Å². The minimum Gasteiger partial charge on any atom is -0.465 e. The highest BCUT2D eigenvalue weighted by Crippen LogP contribution is 2.11. The number of hydrogen-bond donors (Lipinski definition) is 1. The zero-order valence-corrected chi connectivity index (χ0v) is 8.95. The van der Waals surface area contributed by atoms with Crippen molar-refractivity contribution in [2.24, 2.45) is 5.73 Å². The molecule has 0 unspecified atom stereocenters. The molecule has 1 aromatic heterocycles. The van der Waals surface area contributed by atoms with Crippen molar-refractivity contribution in [2.45, 2.75) is 13.0 Å². The number of nitrogens with zero attached hydrogens (tertiary/aromatic N) is 1. The van der Waals surface area contributed by atoms with Crippen LogP contribution in [0.5, 0.6) is 0 Å². The quantitative estimate of drug-likeness (QED) is 0.791. The molecule has 0 spiro atoms. The number of morpholine rings is 1. The van der Waals surface area contributed by atoms with Gasteiger partial charge in [-0.05, 0) is 18.7 Å². The van der Waals surface area contributed by atoms with Gasteiger partial charge in [-0.2, -0.15) is 0 Å². The Morgan fingerprint density at radius 3 is 2.67 bits per heavy atom. The molecule has 0 radical (unpaired) electrons. The Hall–Kier alpha value is -0.840. The van der Waals surface area contributed by atoms with Crippen LogP contribution in [0.25, 0.3) is 0 Å². The fraction of sp³-hybridized carbons (Fsp3) is 0.636. The van der Waals surface area contributed by atoms with Gasteiger partial charge in [0.05, 0.1) is 19.8 Å². The molecule has 2 N–H and O–H groups in total. The monoisotopic (exact) mass is 210 g/mol. The summed E-state index contributed by atoms with van der Waals surface area (Å²) in [5.74, 6) is 2.01. The molecular weight excluding hydrogens is 192 g/mol. The first-order chi connectivity index (χ1) is 7.38. The van der Waals surface area contributed by atoms with Gasteiger partial charge in [0.15, 0.2) is 0 Å². The van der Waals surface area contributed by atoms with Crippen LogP contribution in [0.15, 0.2) is 16.5 Å². The standard InChI is InChI=1S/C11H18N2O2/c12-4-3-10-1-2-11(15-10)9-13-5-7-14-8-6-13/h1-2H,3-9,12H2. The van der Waals surface area contributed by atoms with E-state index in [1.807, 2.05) is 12.1 Å². The van der Waals surface area contributed by atoms with Gasteiger partial charge < -0.3 is 14.9 Å². The Morgan fingerprint density at radius 2 is 1.93 bits per heavy atom. The van der Waals surface area contributed by atoms with Crippen molar-refractivity contribution in [1.29, 1.82) is 0 Å². The molecule has 1 aliphatic rings. The average Bonchev–Trinajstić information content (AvgIpc) is 2.68. The summed E-state index contributed by atoms with van der Waals surface area (Å²) in [5, 5.41) is 0. The molecule has 0 aromatic carbocycles. The minimum absolute atomic E-state index is 0.643. The Labute approximate surface area is 90.0 Å². The molecule has 0 atom stereocenters. The Balaban J connectivity index is 1.86. The van der Waals surface area contributed by atoms with E-state index in [2.05, 4.69) is 4.90 Å². The number of nitrogens with two attached hydrogens (primary N) is 1. The SMILES string of the molecule is NCCc1ccc(CN2CCOCC2)o1. The summed E-state index contributed by atoms with van der Waals surface area (Å²) in [6, 6.07) is 4.06. The summed E-state index contributed by atoms with van der Waals surface area (Å²) >= 11 is 0. The van der Waals surface area contributed by atoms with Crippen LogP contribution in [0.4, 0.5) is 0 Å². The van der Waals surface area contributed by atoms with Crippen molar-refractivity contribution in [2.75, 3.05) is 32.8 Å². The summed E-state index contributed by atoms with van der Waals surface area (Å²) in [5.41, 5.74) is 5.47. The van der Waals surface area contributed by atoms with E-state index >= 15 is 0 Å². The van der Waals surface area contributed by atoms with Crippen LogP contribution in [0.3, 0.4) is 0 Å². The van der Waals surface area contributed by atoms with E-state index in [4.69, 9.17) is 14.9 Å². The molecule has 15 heavy (non-hydrogen) atoms. The van der Waals surface area contributed by atoms with Crippen molar-refractivity contribution in [1.82, 2.24) is 4.90 Å². The maximum absolute atomic E-state index is 5.66. The minimum atomic E-state index is 0.643. The van der Waals surface area contributed by atoms with Gasteiger partial charge in [-0.25, -0.2) is 0 Å². The second kappa shape index (κ2) is 5.30. The molecule has 84 valence electrons. The molecule has 4 heteroatoms. The summed E-state index contributed by atoms with van der Waals surface area (Å²) in [4.78, 5) is 2.34. The van der Waals surface area contributed by atoms with Crippen molar-refractivity contribution in [3.05, 3.63) is 23.7 Å². The molecule has 4 nitrogen and oxygen atoms in total. The van der Waals surface area contributed by atoms with Crippen molar-refractivity contribution in [3.63, 3.8) is 0 Å². The molecular formula is C11H18N2O2. The van der Waals surface area contributed by atoms with Crippen molar-refractivity contribution < 1.29 is 9.15 Å². The lowest BCUT2D eigenvalue weighted by Crippen LogP contribution is -2.35. The molecule has 1 saturated heterocycles. The van der Waals surface area contributed by atoms with E-state index in [0.29, 0.717) is 6.54 Å². The fourth-order valence-corrected chi connectivity index (χ4v) is 1.76. The second-order valence-electron chi connectivity index (χ2n) is 3.80. The molecule has 2 heterocycles. The van der Waals surface area contributed by atoms with Gasteiger partial charge in [-0.15, -0.1) is 0 Å². The third-order valence-corrected chi connectivity index (χ3v) is 2.59. The Kier molecular flexibility index (Phi) is 3.77. The van der Waals surface area contributed by atoms with Crippen LogP contribution >= 0.6 is 0 Å². The number of ether oxygens (including phenoxy) is 1. The number of furan rings is 1. The summed E-state index contributed by atoms with van der Waals surface area (Å²) < 4.78 is 11.0. The molecule has 0 aliphatic carbocycles. The molecule has 0 amide bonds. The molecule has 0 bridgehead atoms. The zero-order valence-electron chi connectivity index (χ0n) is 8.95. The predicted octanol–water partition coefficient (Wildman–Crippen LogP) is 0.613. The van der Waals surface area contributed by atoms with Crippen molar-refractivity contribution in [3.8, 4) is 0 Å². The fourth-order valence-electron chi connectivity index (χ4n) is 1.76. The second-order valence-corrected chi connectivity index (χ2v) is 3.80. The largest absolute Gasteiger partial charge is 0.465 e. The smallest absolute Gasteiger partial charge is 0.118 e. The van der Waals surface area contributed by atoms with Crippen LogP contribution in [-0.4, -0.2) is 37.7 Å². The Bertz CT molecular complexity index is 293. The lowest BCUT2D eigenvalue weighted by Gasteiger charge is -2.25. The van der Waals surface area contributed by atoms with E-state index in [0.717, 1.165) is 50.8 Å². The number of rotatable bonds is 4. The first-order valence-corrected chi connectivity index (χ1v) is 5.46. The normalized spacial score (nSPS) is 18.2. The van der Waals surface area contributed by atoms with E-state index in [-0.39, 0.29) is 0 Å². The highest BCUT2D eigenvalue weighted by atomic mass is 16.5. The predicted molar refractivity (Wildman–Crippen MR) is 57.6 cm³/mol. The summed E-state index contributed by atoms with van der Waals surface area (Å²) in [6.07, 6.45) is 0.823. The Morgan fingerprint density at radius 1 is 1.20 bits per heavy atom. The topological polar surface area (TPSA) is 51.6 Å². The van der Waals surface area contributed by atoms with Crippen molar-refractivity contribution >= 4 is 0 Å². The van der Waals surface area contributed by atoms with Gasteiger partial charge >= 0.3 is 0 Å². The molecule has 1 aliphatic heterocycles. The first-order valence-electron chi connectivity index (χ1n) is 5.46. The van der Waals surface area contributed by atoms with Crippen LogP contribution in [-0.2, 0) is 17.7 Å². The summed E-state index contributed by atoms with van der Waals surface area (Å²) in [6.45, 7) is 5.17. The maximum atomic E-state index is 5.66. The first kappa shape index (κ1) is 10.7. The lowest BCUT2D eigenvalue weighted by atomic mass is 10.3. The molecule has 1 fully saturated rings. The molecule has 2 rings (SSSR count). The van der Waals surface area contributed by atoms with Gasteiger partial charge in [-0.1, -0.05) is 0 Å². The summed E-state index contributed by atoms with van der Waals surface area (Å²) in [7, 11) is 0. The molecule has 0 saturated carbocycles. The van der Waals surface area contributed by atoms with Crippen LogP contribution in [0.1, 0.15) is 11.5 Å². The van der Waals surface area contributed by atoms with Gasteiger partial charge in [0.2, 0.25) is 0 Å². The highest BCUT2D eigenvalue weighted by Gasteiger charge is 2.12. The zero-order chi connectivity index (χ0) is 10.5. The van der Waals surface area contributed by atoms with Gasteiger partial charge in [0, 0.05) is 19.5 Å². The van der Waals surface area contributed by atoms with E-state index in [9.17, 15) is 0 Å². The van der Waals surface area contributed by atoms with E-state index < -0.39 is 0 Å². The van der Waals surface area contributed by atoms with Crippen LogP contribution in [0.2, 0.25) is 0 Å². The van der Waals surface area contributed by atoms with Crippen LogP contribution < -0.4 is 5.73 Å². The molecule has 1 aromatic rings. The lowest BCUT2D eigenvalue weighted by molar-refractivity contribution is 0.0312. The van der Waals surface area contributed by atoms with Gasteiger partial charge in [-0.3, -0.25) is 4.90 Å². The number of hydrogen-bond acceptors (Lipinski definition) is 4. The van der Waals surface area contributed by atoms with E-state index in [1.165, 1.54) is 0 Å². The van der Waals surface area contributed by atoms with Gasteiger partial charge in [0.1, 0.15) is 11.5 Å². The highest BCUT2D eigenvalue weighted by molar-refractivity contribution is 5.07. The third-order valence-electron chi connectivity index (χ3n) is 2.59. The van der Waals surface area contributed by atoms with E-state index in [1.54, 1.807) is 0 Å². The average molecular weight is 210 g/mol. The van der Waals surface area contributed by atoms with Crippen LogP contribution in [0, 0.1) is 0 Å².